The molecule has 3 rings (SSSR count). The van der Waals surface area contributed by atoms with Crippen molar-refractivity contribution >= 4 is 6.03 Å². The van der Waals surface area contributed by atoms with Crippen molar-refractivity contribution in [2.75, 3.05) is 0 Å². The number of nitrogens with zero attached hydrogens (tertiary/aromatic N) is 2. The average Bonchev–Trinajstić information content (AvgIpc) is 3.09. The number of nitrogens with one attached hydrogen (secondary N) is 2. The van der Waals surface area contributed by atoms with Gasteiger partial charge in [0.2, 0.25) is 0 Å². The molecule has 1 aliphatic rings. The zero-order valence-corrected chi connectivity index (χ0v) is 14.2. The highest BCUT2D eigenvalue weighted by atomic mass is 16.2. The number of urea groups is 1. The van der Waals surface area contributed by atoms with Crippen LogP contribution in [0, 0.1) is 5.92 Å². The van der Waals surface area contributed by atoms with Crippen molar-refractivity contribution in [2.45, 2.75) is 51.7 Å². The molecule has 0 spiro atoms. The molecule has 0 atom stereocenters. The topological polar surface area (TPSA) is 59.0 Å². The molecule has 2 aromatic rings. The summed E-state index contributed by atoms with van der Waals surface area (Å²) in [6.07, 6.45) is 8.31. The van der Waals surface area contributed by atoms with E-state index in [9.17, 15) is 4.79 Å². The van der Waals surface area contributed by atoms with Gasteiger partial charge in [-0.15, -0.1) is 0 Å². The van der Waals surface area contributed by atoms with E-state index in [-0.39, 0.29) is 6.03 Å². The number of hydrogen-bond acceptors (Lipinski definition) is 2. The minimum atomic E-state index is -0.0663. The van der Waals surface area contributed by atoms with Gasteiger partial charge in [0.15, 0.2) is 0 Å². The van der Waals surface area contributed by atoms with Crippen LogP contribution in [0.25, 0.3) is 0 Å². The predicted octanol–water partition coefficient (Wildman–Crippen LogP) is 3.31. The van der Waals surface area contributed by atoms with Crippen LogP contribution in [-0.4, -0.2) is 21.9 Å². The number of benzene rings is 1. The molecule has 128 valence electrons. The minimum Gasteiger partial charge on any atom is -0.335 e. The van der Waals surface area contributed by atoms with Gasteiger partial charge in [0.25, 0.3) is 0 Å². The molecule has 2 amide bonds. The SMILES string of the molecule is CC1CCC(NC(=O)NCc2ccccc2Cn2cccn2)CC1. The third kappa shape index (κ3) is 4.60. The molecule has 1 heterocycles. The molecule has 1 fully saturated rings. The van der Waals surface area contributed by atoms with Crippen molar-refractivity contribution in [3.63, 3.8) is 0 Å². The van der Waals surface area contributed by atoms with Crippen molar-refractivity contribution in [3.8, 4) is 0 Å². The first kappa shape index (κ1) is 16.6. The minimum absolute atomic E-state index is 0.0663. The van der Waals surface area contributed by atoms with Crippen LogP contribution < -0.4 is 10.6 Å². The van der Waals surface area contributed by atoms with Crippen LogP contribution in [0.4, 0.5) is 4.79 Å². The lowest BCUT2D eigenvalue weighted by Gasteiger charge is -2.27. The second-order valence-corrected chi connectivity index (χ2v) is 6.76. The van der Waals surface area contributed by atoms with Gasteiger partial charge in [-0.2, -0.15) is 5.10 Å². The van der Waals surface area contributed by atoms with Gasteiger partial charge in [0, 0.05) is 25.0 Å². The zero-order valence-electron chi connectivity index (χ0n) is 14.2. The Morgan fingerprint density at radius 1 is 1.17 bits per heavy atom. The van der Waals surface area contributed by atoms with Crippen LogP contribution in [0.3, 0.4) is 0 Å². The third-order valence-electron chi connectivity index (χ3n) is 4.80. The second-order valence-electron chi connectivity index (χ2n) is 6.76. The fourth-order valence-electron chi connectivity index (χ4n) is 3.27. The molecule has 1 aromatic carbocycles. The van der Waals surface area contributed by atoms with Crippen LogP contribution in [0.5, 0.6) is 0 Å². The van der Waals surface area contributed by atoms with Crippen molar-refractivity contribution in [1.29, 1.82) is 0 Å². The molecule has 0 aliphatic heterocycles. The van der Waals surface area contributed by atoms with Crippen LogP contribution in [-0.2, 0) is 13.1 Å². The summed E-state index contributed by atoms with van der Waals surface area (Å²) >= 11 is 0. The van der Waals surface area contributed by atoms with Gasteiger partial charge in [0.1, 0.15) is 0 Å². The van der Waals surface area contributed by atoms with Gasteiger partial charge in [-0.25, -0.2) is 4.79 Å². The molecule has 1 saturated carbocycles. The van der Waals surface area contributed by atoms with Crippen LogP contribution in [0.15, 0.2) is 42.7 Å². The number of rotatable bonds is 5. The quantitative estimate of drug-likeness (QED) is 0.885. The summed E-state index contributed by atoms with van der Waals surface area (Å²) in [5.74, 6) is 0.792. The summed E-state index contributed by atoms with van der Waals surface area (Å²) in [5, 5.41) is 10.4. The van der Waals surface area contributed by atoms with E-state index in [1.807, 2.05) is 29.1 Å². The molecule has 5 nitrogen and oxygen atoms in total. The van der Waals surface area contributed by atoms with E-state index in [0.717, 1.165) is 24.3 Å². The fraction of sp³-hybridized carbons (Fsp3) is 0.474. The summed E-state index contributed by atoms with van der Waals surface area (Å²) in [4.78, 5) is 12.2. The molecule has 0 saturated heterocycles. The Labute approximate surface area is 143 Å². The monoisotopic (exact) mass is 326 g/mol. The number of amides is 2. The van der Waals surface area contributed by atoms with Gasteiger partial charge in [-0.3, -0.25) is 4.68 Å². The Hall–Kier alpha value is -2.30. The van der Waals surface area contributed by atoms with Crippen LogP contribution in [0.1, 0.15) is 43.7 Å². The highest BCUT2D eigenvalue weighted by Gasteiger charge is 2.19. The first-order chi connectivity index (χ1) is 11.7. The van der Waals surface area contributed by atoms with Crippen molar-refractivity contribution in [3.05, 3.63) is 53.9 Å². The summed E-state index contributed by atoms with van der Waals surface area (Å²) < 4.78 is 1.89. The molecule has 0 bridgehead atoms. The number of aromatic nitrogens is 2. The van der Waals surface area contributed by atoms with Gasteiger partial charge in [-0.1, -0.05) is 31.2 Å². The Kier molecular flexibility index (Phi) is 5.51. The van der Waals surface area contributed by atoms with E-state index < -0.39 is 0 Å². The smallest absolute Gasteiger partial charge is 0.315 e. The Morgan fingerprint density at radius 3 is 2.62 bits per heavy atom. The first-order valence-corrected chi connectivity index (χ1v) is 8.79. The maximum atomic E-state index is 12.2. The van der Waals surface area contributed by atoms with Gasteiger partial charge >= 0.3 is 6.03 Å². The standard InChI is InChI=1S/C19H26N4O/c1-15-7-9-18(10-8-15)22-19(24)20-13-16-5-2-3-6-17(16)14-23-12-4-11-21-23/h2-6,11-12,15,18H,7-10,13-14H2,1H3,(H2,20,22,24). The molecular formula is C19H26N4O. The third-order valence-corrected chi connectivity index (χ3v) is 4.80. The number of carbonyl (C=O) groups excluding carboxylic acids is 1. The Balaban J connectivity index is 1.51. The molecule has 2 N–H and O–H groups in total. The average molecular weight is 326 g/mol. The lowest BCUT2D eigenvalue weighted by atomic mass is 9.87. The highest BCUT2D eigenvalue weighted by molar-refractivity contribution is 5.74. The molecule has 0 unspecified atom stereocenters. The number of carbonyl (C=O) groups is 1. The maximum absolute atomic E-state index is 12.2. The molecular weight excluding hydrogens is 300 g/mol. The van der Waals surface area contributed by atoms with Gasteiger partial charge < -0.3 is 10.6 Å². The lowest BCUT2D eigenvalue weighted by molar-refractivity contribution is 0.228. The summed E-state index contributed by atoms with van der Waals surface area (Å²) in [6.45, 7) is 3.53. The lowest BCUT2D eigenvalue weighted by Crippen LogP contribution is -2.43. The van der Waals surface area contributed by atoms with E-state index in [0.29, 0.717) is 19.1 Å². The van der Waals surface area contributed by atoms with E-state index in [2.05, 4.69) is 34.8 Å². The van der Waals surface area contributed by atoms with Gasteiger partial charge in [0.05, 0.1) is 6.54 Å². The van der Waals surface area contributed by atoms with Crippen molar-refractivity contribution in [1.82, 2.24) is 20.4 Å². The Bertz CT molecular complexity index is 645. The predicted molar refractivity (Wildman–Crippen MR) is 94.6 cm³/mol. The normalized spacial score (nSPS) is 20.5. The largest absolute Gasteiger partial charge is 0.335 e. The maximum Gasteiger partial charge on any atom is 0.315 e. The Morgan fingerprint density at radius 2 is 1.92 bits per heavy atom. The van der Waals surface area contributed by atoms with E-state index in [1.54, 1.807) is 6.20 Å². The summed E-state index contributed by atoms with van der Waals surface area (Å²) in [5.41, 5.74) is 2.30. The van der Waals surface area contributed by atoms with Crippen LogP contribution >= 0.6 is 0 Å². The highest BCUT2D eigenvalue weighted by Crippen LogP contribution is 2.23. The van der Waals surface area contributed by atoms with E-state index in [1.165, 1.54) is 18.4 Å². The fourth-order valence-corrected chi connectivity index (χ4v) is 3.27. The van der Waals surface area contributed by atoms with E-state index >= 15 is 0 Å². The zero-order chi connectivity index (χ0) is 16.8. The molecule has 5 heteroatoms. The molecule has 1 aromatic heterocycles. The second kappa shape index (κ2) is 7.99. The first-order valence-electron chi connectivity index (χ1n) is 8.79. The number of hydrogen-bond donors (Lipinski definition) is 2. The summed E-state index contributed by atoms with van der Waals surface area (Å²) in [6, 6.07) is 10.3. The van der Waals surface area contributed by atoms with Crippen LogP contribution in [0.2, 0.25) is 0 Å². The van der Waals surface area contributed by atoms with Crippen molar-refractivity contribution in [2.24, 2.45) is 5.92 Å². The molecule has 24 heavy (non-hydrogen) atoms. The van der Waals surface area contributed by atoms with Crippen molar-refractivity contribution < 1.29 is 4.79 Å². The van der Waals surface area contributed by atoms with Gasteiger partial charge in [-0.05, 0) is 48.8 Å². The van der Waals surface area contributed by atoms with E-state index in [4.69, 9.17) is 0 Å². The molecule has 1 aliphatic carbocycles. The summed E-state index contributed by atoms with van der Waals surface area (Å²) in [7, 11) is 0. The molecule has 0 radical (unpaired) electrons.